The van der Waals surface area contributed by atoms with Gasteiger partial charge in [-0.3, -0.25) is 0 Å². The van der Waals surface area contributed by atoms with Crippen molar-refractivity contribution in [2.24, 2.45) is 0 Å². The molecule has 0 saturated carbocycles. The maximum atomic E-state index is 6.29. The Morgan fingerprint density at radius 1 is 0.882 bits per heavy atom. The van der Waals surface area contributed by atoms with Gasteiger partial charge in [-0.25, -0.2) is 0 Å². The van der Waals surface area contributed by atoms with Crippen LogP contribution < -0.4 is 0 Å². The van der Waals surface area contributed by atoms with Crippen LogP contribution in [0.1, 0.15) is 6.92 Å². The highest BCUT2D eigenvalue weighted by atomic mass is 28.5. The van der Waals surface area contributed by atoms with Gasteiger partial charge in [0.2, 0.25) is 0 Å². The zero-order valence-corrected chi connectivity index (χ0v) is 17.2. The predicted octanol–water partition coefficient (Wildman–Crippen LogP) is 3.65. The third kappa shape index (κ3) is 9.34. The van der Waals surface area contributed by atoms with Crippen LogP contribution in [-0.4, -0.2) is 34.5 Å². The molecule has 0 saturated heterocycles. The Bertz CT molecular complexity index is 238. The van der Waals surface area contributed by atoms with E-state index in [-0.39, 0.29) is 0 Å². The van der Waals surface area contributed by atoms with Crippen molar-refractivity contribution < 1.29 is 12.3 Å². The van der Waals surface area contributed by atoms with Crippen LogP contribution in [0.25, 0.3) is 0 Å². The third-order valence-electron chi connectivity index (χ3n) is 2.34. The molecular weight excluding hydrogens is 280 g/mol. The average molecular weight is 311 g/mol. The second-order valence-corrected chi connectivity index (χ2v) is 21.6. The molecule has 1 atom stereocenters. The minimum Gasteiger partial charge on any atom is -0.439 e. The first-order chi connectivity index (χ1) is 7.37. The fourth-order valence-electron chi connectivity index (χ4n) is 1.68. The highest BCUT2D eigenvalue weighted by Gasteiger charge is 2.36. The minimum absolute atomic E-state index is 1.14. The van der Waals surface area contributed by atoms with Gasteiger partial charge in [-0.2, -0.15) is 0 Å². The third-order valence-corrected chi connectivity index (χ3v) is 16.0. The van der Waals surface area contributed by atoms with Gasteiger partial charge < -0.3 is 12.3 Å². The van der Waals surface area contributed by atoms with E-state index in [1.165, 1.54) is 0 Å². The Hall–Kier alpha value is 0.748. The predicted molar refractivity (Wildman–Crippen MR) is 85.1 cm³/mol. The molecule has 17 heavy (non-hydrogen) atoms. The Balaban J connectivity index is 4.35. The first-order valence-electron chi connectivity index (χ1n) is 6.43. The molecule has 0 aliphatic heterocycles. The van der Waals surface area contributed by atoms with Gasteiger partial charge >= 0.3 is 8.56 Å². The molecule has 0 fully saturated rings. The molecule has 0 aliphatic carbocycles. The Kier molecular flexibility index (Phi) is 6.54. The summed E-state index contributed by atoms with van der Waals surface area (Å²) in [5, 5.41) is 0. The van der Waals surface area contributed by atoms with Gasteiger partial charge in [0.1, 0.15) is 0 Å². The molecule has 1 unspecified atom stereocenters. The second kappa shape index (κ2) is 6.26. The quantitative estimate of drug-likeness (QED) is 0.672. The number of hydrogen-bond acceptors (Lipinski definition) is 3. The van der Waals surface area contributed by atoms with Gasteiger partial charge in [0.05, 0.1) is 0 Å². The second-order valence-electron chi connectivity index (χ2n) is 6.53. The average Bonchev–Trinajstić information content (AvgIpc) is 1.96. The smallest absolute Gasteiger partial charge is 0.312 e. The monoisotopic (exact) mass is 310 g/mol. The molecule has 0 N–H and O–H groups in total. The molecule has 0 heterocycles. The van der Waals surface area contributed by atoms with Crippen LogP contribution in [0, 0.1) is 0 Å². The molecule has 0 aromatic heterocycles. The van der Waals surface area contributed by atoms with E-state index in [1.807, 2.05) is 0 Å². The summed E-state index contributed by atoms with van der Waals surface area (Å²) in [6.45, 7) is 19.8. The molecule has 7 heteroatoms. The summed E-state index contributed by atoms with van der Waals surface area (Å²) in [5.74, 6) is 0. The maximum absolute atomic E-state index is 6.29. The van der Waals surface area contributed by atoms with E-state index in [4.69, 9.17) is 12.3 Å². The summed E-state index contributed by atoms with van der Waals surface area (Å²) in [5.41, 5.74) is 0. The van der Waals surface area contributed by atoms with Crippen molar-refractivity contribution in [2.45, 2.75) is 65.3 Å². The van der Waals surface area contributed by atoms with Gasteiger partial charge in [-0.05, 0) is 58.4 Å². The lowest BCUT2D eigenvalue weighted by Crippen LogP contribution is -2.50. The largest absolute Gasteiger partial charge is 0.439 e. The normalized spacial score (nSPS) is 16.1. The van der Waals surface area contributed by atoms with Crippen molar-refractivity contribution in [3.8, 4) is 0 Å². The van der Waals surface area contributed by atoms with Crippen molar-refractivity contribution in [1.82, 2.24) is 0 Å². The van der Waals surface area contributed by atoms with E-state index in [2.05, 4.69) is 59.3 Å². The first kappa shape index (κ1) is 17.7. The van der Waals surface area contributed by atoms with E-state index >= 15 is 0 Å². The molecule has 0 aromatic carbocycles. The van der Waals surface area contributed by atoms with E-state index < -0.39 is 34.5 Å². The van der Waals surface area contributed by atoms with Crippen molar-refractivity contribution in [3.05, 3.63) is 0 Å². The number of rotatable bonds is 7. The molecule has 0 aliphatic rings. The van der Waals surface area contributed by atoms with Crippen LogP contribution in [0.15, 0.2) is 0 Å². The molecule has 0 aromatic rings. The molecule has 0 spiro atoms. The standard InChI is InChI=1S/C10H30O3Si4/c1-10-16(6,7)13-17(8,9)12-14(2)11-15(3,4)5/h14H,10H2,1-9H3. The van der Waals surface area contributed by atoms with Crippen molar-refractivity contribution >= 4 is 34.5 Å². The van der Waals surface area contributed by atoms with Crippen LogP contribution in [0.3, 0.4) is 0 Å². The van der Waals surface area contributed by atoms with Crippen LogP contribution >= 0.6 is 0 Å². The lowest BCUT2D eigenvalue weighted by Gasteiger charge is -2.35. The maximum Gasteiger partial charge on any atom is 0.312 e. The van der Waals surface area contributed by atoms with Crippen molar-refractivity contribution in [1.29, 1.82) is 0 Å². The summed E-state index contributed by atoms with van der Waals surface area (Å²) in [7, 11) is -6.53. The van der Waals surface area contributed by atoms with Crippen LogP contribution in [0.2, 0.25) is 58.4 Å². The first-order valence-corrected chi connectivity index (χ1v) is 17.9. The highest BCUT2D eigenvalue weighted by molar-refractivity contribution is 6.85. The zero-order valence-electron chi connectivity index (χ0n) is 13.0. The highest BCUT2D eigenvalue weighted by Crippen LogP contribution is 2.20. The molecule has 0 radical (unpaired) electrons. The van der Waals surface area contributed by atoms with Crippen LogP contribution in [-0.2, 0) is 12.3 Å². The molecular formula is C10H30O3Si4. The van der Waals surface area contributed by atoms with Gasteiger partial charge in [-0.15, -0.1) is 0 Å². The Morgan fingerprint density at radius 2 is 1.35 bits per heavy atom. The fraction of sp³-hybridized carbons (Fsp3) is 1.00. The van der Waals surface area contributed by atoms with Gasteiger partial charge in [0.15, 0.2) is 16.6 Å². The summed E-state index contributed by atoms with van der Waals surface area (Å²) < 4.78 is 18.5. The van der Waals surface area contributed by atoms with E-state index in [0.29, 0.717) is 0 Å². The Labute approximate surface area is 112 Å². The van der Waals surface area contributed by atoms with Gasteiger partial charge in [0, 0.05) is 0 Å². The Morgan fingerprint density at radius 3 is 1.71 bits per heavy atom. The van der Waals surface area contributed by atoms with E-state index in [0.717, 1.165) is 6.04 Å². The molecule has 0 bridgehead atoms. The van der Waals surface area contributed by atoms with E-state index in [1.54, 1.807) is 0 Å². The van der Waals surface area contributed by atoms with Crippen LogP contribution in [0.4, 0.5) is 0 Å². The van der Waals surface area contributed by atoms with Crippen LogP contribution in [0.5, 0.6) is 0 Å². The molecule has 3 nitrogen and oxygen atoms in total. The minimum atomic E-state index is -2.00. The fourth-order valence-corrected chi connectivity index (χ4v) is 16.0. The molecule has 0 amide bonds. The summed E-state index contributed by atoms with van der Waals surface area (Å²) in [6, 6.07) is 1.14. The SMILES string of the molecule is CC[Si](C)(C)O[Si](C)(C)O[SiH](C)O[Si](C)(C)C. The summed E-state index contributed by atoms with van der Waals surface area (Å²) >= 11 is 0. The summed E-state index contributed by atoms with van der Waals surface area (Å²) in [6.07, 6.45) is 0. The molecule has 0 rings (SSSR count). The van der Waals surface area contributed by atoms with Gasteiger partial charge in [0.25, 0.3) is 9.28 Å². The topological polar surface area (TPSA) is 27.7 Å². The zero-order chi connectivity index (χ0) is 13.9. The van der Waals surface area contributed by atoms with Gasteiger partial charge in [-0.1, -0.05) is 6.92 Å². The molecule has 104 valence electrons. The number of hydrogen-bond donors (Lipinski definition) is 0. The van der Waals surface area contributed by atoms with Crippen molar-refractivity contribution in [3.63, 3.8) is 0 Å². The van der Waals surface area contributed by atoms with Crippen molar-refractivity contribution in [2.75, 3.05) is 0 Å². The summed E-state index contributed by atoms with van der Waals surface area (Å²) in [4.78, 5) is 0. The van der Waals surface area contributed by atoms with E-state index in [9.17, 15) is 0 Å². The lowest BCUT2D eigenvalue weighted by atomic mass is 11.0. The lowest BCUT2D eigenvalue weighted by molar-refractivity contribution is 0.350.